The Balaban J connectivity index is 2.21. The predicted octanol–water partition coefficient (Wildman–Crippen LogP) is 3.10. The van der Waals surface area contributed by atoms with Crippen LogP contribution in [-0.2, 0) is 0 Å². The highest BCUT2D eigenvalue weighted by molar-refractivity contribution is 9.10. The molecule has 0 atom stereocenters. The van der Waals surface area contributed by atoms with Crippen molar-refractivity contribution in [1.29, 1.82) is 0 Å². The topological polar surface area (TPSA) is 38.2 Å². The summed E-state index contributed by atoms with van der Waals surface area (Å²) in [6.07, 6.45) is 1.68. The van der Waals surface area contributed by atoms with E-state index in [9.17, 15) is 0 Å². The number of ether oxygens (including phenoxy) is 1. The monoisotopic (exact) mass is 293 g/mol. The highest BCUT2D eigenvalue weighted by atomic mass is 79.9. The third-order valence-electron chi connectivity index (χ3n) is 2.04. The van der Waals surface area contributed by atoms with Crippen LogP contribution in [0.2, 0.25) is 0 Å². The largest absolute Gasteiger partial charge is 0.439 e. The van der Waals surface area contributed by atoms with Gasteiger partial charge in [0.05, 0.1) is 0 Å². The molecule has 1 aromatic heterocycles. The van der Waals surface area contributed by atoms with E-state index >= 15 is 0 Å². The van der Waals surface area contributed by atoms with Gasteiger partial charge in [-0.3, -0.25) is 0 Å². The first kappa shape index (κ1) is 11.9. The molecule has 0 unspecified atom stereocenters. The Morgan fingerprint density at radius 3 is 2.76 bits per heavy atom. The van der Waals surface area contributed by atoms with Gasteiger partial charge < -0.3 is 9.64 Å². The maximum Gasteiger partial charge on any atom is 0.228 e. The van der Waals surface area contributed by atoms with Crippen molar-refractivity contribution in [2.45, 2.75) is 0 Å². The van der Waals surface area contributed by atoms with Crippen molar-refractivity contribution in [3.05, 3.63) is 41.0 Å². The highest BCUT2D eigenvalue weighted by Gasteiger charge is 2.03. The second-order valence-corrected chi connectivity index (χ2v) is 4.56. The molecule has 0 amide bonds. The van der Waals surface area contributed by atoms with Crippen LogP contribution in [0, 0.1) is 0 Å². The Morgan fingerprint density at radius 1 is 1.24 bits per heavy atom. The molecule has 0 N–H and O–H groups in total. The van der Waals surface area contributed by atoms with Gasteiger partial charge in [-0.1, -0.05) is 22.0 Å². The van der Waals surface area contributed by atoms with Crippen LogP contribution in [0.4, 0.5) is 5.95 Å². The number of aromatic nitrogens is 2. The van der Waals surface area contributed by atoms with Crippen LogP contribution in [0.25, 0.3) is 0 Å². The van der Waals surface area contributed by atoms with Crippen LogP contribution in [-0.4, -0.2) is 24.1 Å². The van der Waals surface area contributed by atoms with Gasteiger partial charge in [-0.25, -0.2) is 4.98 Å². The molecule has 4 nitrogen and oxygen atoms in total. The SMILES string of the molecule is CN(C)c1nccc(Oc2cccc(Br)c2)n1. The zero-order chi connectivity index (χ0) is 12.3. The first-order valence-corrected chi connectivity index (χ1v) is 5.88. The predicted molar refractivity (Wildman–Crippen MR) is 70.6 cm³/mol. The lowest BCUT2D eigenvalue weighted by Crippen LogP contribution is -2.12. The molecule has 17 heavy (non-hydrogen) atoms. The van der Waals surface area contributed by atoms with E-state index in [1.165, 1.54) is 0 Å². The zero-order valence-corrected chi connectivity index (χ0v) is 11.2. The van der Waals surface area contributed by atoms with E-state index in [0.29, 0.717) is 11.8 Å². The summed E-state index contributed by atoms with van der Waals surface area (Å²) in [5, 5.41) is 0. The Bertz CT molecular complexity index is 517. The van der Waals surface area contributed by atoms with Crippen LogP contribution in [0.3, 0.4) is 0 Å². The van der Waals surface area contributed by atoms with Gasteiger partial charge in [0.2, 0.25) is 11.8 Å². The van der Waals surface area contributed by atoms with E-state index < -0.39 is 0 Å². The van der Waals surface area contributed by atoms with Gasteiger partial charge >= 0.3 is 0 Å². The van der Waals surface area contributed by atoms with Gasteiger partial charge in [0.15, 0.2) is 0 Å². The summed E-state index contributed by atoms with van der Waals surface area (Å²) in [5.41, 5.74) is 0. The molecule has 88 valence electrons. The van der Waals surface area contributed by atoms with E-state index in [4.69, 9.17) is 4.74 Å². The maximum absolute atomic E-state index is 5.64. The van der Waals surface area contributed by atoms with Gasteiger partial charge in [-0.05, 0) is 18.2 Å². The van der Waals surface area contributed by atoms with E-state index in [2.05, 4.69) is 25.9 Å². The van der Waals surface area contributed by atoms with Gasteiger partial charge in [0, 0.05) is 30.8 Å². The Kier molecular flexibility index (Phi) is 3.58. The molecule has 0 saturated heterocycles. The summed E-state index contributed by atoms with van der Waals surface area (Å²) in [6, 6.07) is 9.35. The summed E-state index contributed by atoms with van der Waals surface area (Å²) in [4.78, 5) is 10.2. The van der Waals surface area contributed by atoms with Gasteiger partial charge in [-0.15, -0.1) is 0 Å². The number of anilines is 1. The third-order valence-corrected chi connectivity index (χ3v) is 2.53. The summed E-state index contributed by atoms with van der Waals surface area (Å²) in [6.45, 7) is 0. The lowest BCUT2D eigenvalue weighted by Gasteiger charge is -2.11. The molecule has 0 radical (unpaired) electrons. The minimum atomic E-state index is 0.529. The first-order valence-electron chi connectivity index (χ1n) is 5.09. The molecule has 2 aromatic rings. The lowest BCUT2D eigenvalue weighted by molar-refractivity contribution is 0.461. The first-order chi connectivity index (χ1) is 8.15. The summed E-state index contributed by atoms with van der Waals surface area (Å²) in [7, 11) is 3.77. The molecule has 0 aliphatic carbocycles. The minimum absolute atomic E-state index is 0.529. The standard InChI is InChI=1S/C12H12BrN3O/c1-16(2)12-14-7-6-11(15-12)17-10-5-3-4-9(13)8-10/h3-8H,1-2H3. The highest BCUT2D eigenvalue weighted by Crippen LogP contribution is 2.23. The normalized spacial score (nSPS) is 10.1. The molecular weight excluding hydrogens is 282 g/mol. The molecular formula is C12H12BrN3O. The summed E-state index contributed by atoms with van der Waals surface area (Å²) in [5.74, 6) is 1.89. The van der Waals surface area contributed by atoms with Gasteiger partial charge in [0.1, 0.15) is 5.75 Å². The van der Waals surface area contributed by atoms with Crippen molar-refractivity contribution >= 4 is 21.9 Å². The van der Waals surface area contributed by atoms with E-state index in [1.54, 1.807) is 12.3 Å². The van der Waals surface area contributed by atoms with E-state index in [-0.39, 0.29) is 0 Å². The van der Waals surface area contributed by atoms with Crippen molar-refractivity contribution in [3.63, 3.8) is 0 Å². The van der Waals surface area contributed by atoms with Gasteiger partial charge in [-0.2, -0.15) is 4.98 Å². The average Bonchev–Trinajstić information content (AvgIpc) is 2.29. The van der Waals surface area contributed by atoms with Gasteiger partial charge in [0.25, 0.3) is 0 Å². The molecule has 0 fully saturated rings. The third kappa shape index (κ3) is 3.17. The minimum Gasteiger partial charge on any atom is -0.439 e. The van der Waals surface area contributed by atoms with Crippen LogP contribution in [0.1, 0.15) is 0 Å². The number of hydrogen-bond acceptors (Lipinski definition) is 4. The molecule has 1 heterocycles. The van der Waals surface area contributed by atoms with Crippen molar-refractivity contribution in [2.75, 3.05) is 19.0 Å². The number of nitrogens with zero attached hydrogens (tertiary/aromatic N) is 3. The molecule has 2 rings (SSSR count). The molecule has 0 spiro atoms. The quantitative estimate of drug-likeness (QED) is 0.872. The van der Waals surface area contributed by atoms with Crippen LogP contribution in [0.5, 0.6) is 11.6 Å². The Labute approximate surface area is 108 Å². The lowest BCUT2D eigenvalue weighted by atomic mass is 10.3. The van der Waals surface area contributed by atoms with Crippen LogP contribution >= 0.6 is 15.9 Å². The Hall–Kier alpha value is -1.62. The second-order valence-electron chi connectivity index (χ2n) is 3.65. The molecule has 0 bridgehead atoms. The summed E-state index contributed by atoms with van der Waals surface area (Å²) >= 11 is 3.39. The van der Waals surface area contributed by atoms with Crippen LogP contribution < -0.4 is 9.64 Å². The van der Waals surface area contributed by atoms with Crippen LogP contribution in [0.15, 0.2) is 41.0 Å². The molecule has 0 aliphatic rings. The fraction of sp³-hybridized carbons (Fsp3) is 0.167. The fourth-order valence-electron chi connectivity index (χ4n) is 1.26. The number of benzene rings is 1. The molecule has 5 heteroatoms. The van der Waals surface area contributed by atoms with Crippen molar-refractivity contribution in [3.8, 4) is 11.6 Å². The van der Waals surface area contributed by atoms with Crippen molar-refractivity contribution in [1.82, 2.24) is 9.97 Å². The molecule has 1 aromatic carbocycles. The van der Waals surface area contributed by atoms with E-state index in [0.717, 1.165) is 10.2 Å². The van der Waals surface area contributed by atoms with Crippen molar-refractivity contribution in [2.24, 2.45) is 0 Å². The smallest absolute Gasteiger partial charge is 0.228 e. The van der Waals surface area contributed by atoms with Crippen molar-refractivity contribution < 1.29 is 4.74 Å². The number of hydrogen-bond donors (Lipinski definition) is 0. The average molecular weight is 294 g/mol. The second kappa shape index (κ2) is 5.14. The fourth-order valence-corrected chi connectivity index (χ4v) is 1.63. The summed E-state index contributed by atoms with van der Waals surface area (Å²) < 4.78 is 6.61. The molecule has 0 saturated carbocycles. The maximum atomic E-state index is 5.64. The number of rotatable bonds is 3. The number of halogens is 1. The Morgan fingerprint density at radius 2 is 2.06 bits per heavy atom. The molecule has 0 aliphatic heterocycles. The van der Waals surface area contributed by atoms with E-state index in [1.807, 2.05) is 43.3 Å². The zero-order valence-electron chi connectivity index (χ0n) is 9.59.